The Balaban J connectivity index is 1.13. The molecule has 0 bridgehead atoms. The monoisotopic (exact) mass is 520 g/mol. The zero-order valence-corrected chi connectivity index (χ0v) is 22.8. The van der Waals surface area contributed by atoms with Crippen LogP contribution in [0.4, 0.5) is 11.8 Å². The molecule has 5 rings (SSSR count). The lowest BCUT2D eigenvalue weighted by molar-refractivity contribution is -0.138. The third-order valence-electron chi connectivity index (χ3n) is 8.21. The molecule has 1 aromatic carbocycles. The molecule has 0 saturated carbocycles. The minimum absolute atomic E-state index is 0.105. The van der Waals surface area contributed by atoms with Gasteiger partial charge in [0.15, 0.2) is 0 Å². The highest BCUT2D eigenvalue weighted by Gasteiger charge is 2.30. The molecule has 38 heavy (non-hydrogen) atoms. The first kappa shape index (κ1) is 26.9. The van der Waals surface area contributed by atoms with E-state index < -0.39 is 0 Å². The molecule has 1 aromatic heterocycles. The Bertz CT molecular complexity index is 997. The zero-order chi connectivity index (χ0) is 26.0. The number of amides is 1. The predicted octanol–water partition coefficient (Wildman–Crippen LogP) is 4.33. The van der Waals surface area contributed by atoms with Crippen molar-refractivity contribution >= 4 is 17.7 Å². The van der Waals surface area contributed by atoms with Gasteiger partial charge in [0.2, 0.25) is 11.9 Å². The maximum absolute atomic E-state index is 12.9. The topological polar surface area (TPSA) is 73.8 Å². The van der Waals surface area contributed by atoms with Crippen LogP contribution in [0.2, 0.25) is 0 Å². The van der Waals surface area contributed by atoms with Crippen molar-refractivity contribution in [2.45, 2.75) is 76.5 Å². The van der Waals surface area contributed by atoms with E-state index in [9.17, 15) is 4.79 Å². The molecule has 0 spiro atoms. The Morgan fingerprint density at radius 3 is 2.55 bits per heavy atom. The largest absolute Gasteiger partial charge is 0.367 e. The van der Waals surface area contributed by atoms with Crippen LogP contribution in [-0.2, 0) is 16.1 Å². The summed E-state index contributed by atoms with van der Waals surface area (Å²) in [6, 6.07) is 12.8. The number of nitrogens with one attached hydrogen (secondary N) is 1. The quantitative estimate of drug-likeness (QED) is 0.555. The Morgan fingerprint density at radius 2 is 1.71 bits per heavy atom. The van der Waals surface area contributed by atoms with E-state index in [1.165, 1.54) is 38.5 Å². The molecule has 2 aromatic rings. The third kappa shape index (κ3) is 7.67. The number of likely N-dealkylation sites (tertiary alicyclic amines) is 2. The summed E-state index contributed by atoms with van der Waals surface area (Å²) in [7, 11) is 0. The van der Waals surface area contributed by atoms with E-state index in [0.29, 0.717) is 18.7 Å². The van der Waals surface area contributed by atoms with Crippen LogP contribution in [0.5, 0.6) is 0 Å². The summed E-state index contributed by atoms with van der Waals surface area (Å²) in [5.41, 5.74) is 1.10. The minimum Gasteiger partial charge on any atom is -0.367 e. The lowest BCUT2D eigenvalue weighted by Gasteiger charge is -2.40. The number of benzene rings is 1. The van der Waals surface area contributed by atoms with Crippen LogP contribution in [0, 0.1) is 0 Å². The fourth-order valence-electron chi connectivity index (χ4n) is 6.10. The first-order chi connectivity index (χ1) is 18.7. The normalized spacial score (nSPS) is 23.5. The van der Waals surface area contributed by atoms with E-state index in [4.69, 9.17) is 9.72 Å². The van der Waals surface area contributed by atoms with Gasteiger partial charge in [-0.05, 0) is 56.7 Å². The molecule has 3 aliphatic rings. The summed E-state index contributed by atoms with van der Waals surface area (Å²) >= 11 is 0. The second-order valence-corrected chi connectivity index (χ2v) is 11.1. The molecule has 4 heterocycles. The standard InChI is InChI=1S/C30H44N6O2/c37-29(24-38-23-25-11-4-3-5-12-25)36-20-10-14-27(22-36)35-19-9-6-13-26(21-35)32-30-31-16-15-28(33-30)34-17-7-1-2-8-18-34/h3-5,11-12,15-16,26-27H,1-2,6-10,13-14,17-24H2,(H,31,32,33). The van der Waals surface area contributed by atoms with Crippen LogP contribution in [-0.4, -0.2) is 83.6 Å². The molecule has 0 aliphatic carbocycles. The number of piperidine rings is 1. The highest BCUT2D eigenvalue weighted by molar-refractivity contribution is 5.77. The number of hydrogen-bond donors (Lipinski definition) is 1. The van der Waals surface area contributed by atoms with Crippen LogP contribution in [0.25, 0.3) is 0 Å². The first-order valence-corrected chi connectivity index (χ1v) is 14.7. The summed E-state index contributed by atoms with van der Waals surface area (Å²) in [6.07, 6.45) is 12.7. The molecule has 8 heteroatoms. The Hall–Kier alpha value is -2.71. The van der Waals surface area contributed by atoms with Gasteiger partial charge < -0.3 is 19.9 Å². The van der Waals surface area contributed by atoms with Gasteiger partial charge in [-0.25, -0.2) is 4.98 Å². The van der Waals surface area contributed by atoms with Gasteiger partial charge in [-0.2, -0.15) is 4.98 Å². The number of carbonyl (C=O) groups is 1. The average Bonchev–Trinajstić information content (AvgIpc) is 3.38. The molecule has 3 saturated heterocycles. The SMILES string of the molecule is O=C(COCc1ccccc1)N1CCCC(N2CCCCC(Nc3nccc(N4CCCCCC4)n3)C2)C1. The summed E-state index contributed by atoms with van der Waals surface area (Å²) < 4.78 is 5.75. The van der Waals surface area contributed by atoms with Gasteiger partial charge in [-0.1, -0.05) is 49.6 Å². The van der Waals surface area contributed by atoms with Gasteiger partial charge in [-0.3, -0.25) is 9.69 Å². The number of ether oxygens (including phenoxy) is 1. The van der Waals surface area contributed by atoms with Crippen LogP contribution in [0.3, 0.4) is 0 Å². The Labute approximate surface area is 227 Å². The zero-order valence-electron chi connectivity index (χ0n) is 22.8. The van der Waals surface area contributed by atoms with Gasteiger partial charge in [0.25, 0.3) is 0 Å². The van der Waals surface area contributed by atoms with E-state index in [0.717, 1.165) is 75.9 Å². The van der Waals surface area contributed by atoms with Crippen LogP contribution < -0.4 is 10.2 Å². The lowest BCUT2D eigenvalue weighted by Crippen LogP contribution is -2.52. The minimum atomic E-state index is 0.105. The van der Waals surface area contributed by atoms with Gasteiger partial charge in [0.05, 0.1) is 6.61 Å². The van der Waals surface area contributed by atoms with Gasteiger partial charge >= 0.3 is 0 Å². The van der Waals surface area contributed by atoms with Gasteiger partial charge in [-0.15, -0.1) is 0 Å². The highest BCUT2D eigenvalue weighted by atomic mass is 16.5. The second-order valence-electron chi connectivity index (χ2n) is 11.1. The van der Waals surface area contributed by atoms with Gasteiger partial charge in [0.1, 0.15) is 12.4 Å². The smallest absolute Gasteiger partial charge is 0.248 e. The average molecular weight is 521 g/mol. The second kappa shape index (κ2) is 13.9. The summed E-state index contributed by atoms with van der Waals surface area (Å²) in [5.74, 6) is 1.90. The fraction of sp³-hybridized carbons (Fsp3) is 0.633. The van der Waals surface area contributed by atoms with Crippen LogP contribution in [0.1, 0.15) is 63.4 Å². The van der Waals surface area contributed by atoms with E-state index >= 15 is 0 Å². The van der Waals surface area contributed by atoms with Crippen molar-refractivity contribution in [3.63, 3.8) is 0 Å². The molecular weight excluding hydrogens is 476 g/mol. The molecule has 206 valence electrons. The number of hydrogen-bond acceptors (Lipinski definition) is 7. The molecule has 1 amide bonds. The maximum Gasteiger partial charge on any atom is 0.248 e. The molecule has 8 nitrogen and oxygen atoms in total. The van der Waals surface area contributed by atoms with Crippen molar-refractivity contribution in [1.29, 1.82) is 0 Å². The molecule has 1 N–H and O–H groups in total. The van der Waals surface area contributed by atoms with Crippen LogP contribution in [0.15, 0.2) is 42.6 Å². The maximum atomic E-state index is 12.9. The number of carbonyl (C=O) groups excluding carboxylic acids is 1. The molecular formula is C30H44N6O2. The van der Waals surface area contributed by atoms with E-state index in [-0.39, 0.29) is 12.5 Å². The molecule has 2 unspecified atom stereocenters. The van der Waals surface area contributed by atoms with E-state index in [1.807, 2.05) is 47.5 Å². The molecule has 2 atom stereocenters. The number of nitrogens with zero attached hydrogens (tertiary/aromatic N) is 5. The van der Waals surface area contributed by atoms with E-state index in [2.05, 4.69) is 20.1 Å². The predicted molar refractivity (Wildman–Crippen MR) is 151 cm³/mol. The molecule has 0 radical (unpaired) electrons. The van der Waals surface area contributed by atoms with Crippen molar-refractivity contribution in [1.82, 2.24) is 19.8 Å². The first-order valence-electron chi connectivity index (χ1n) is 14.7. The third-order valence-corrected chi connectivity index (χ3v) is 8.21. The van der Waals surface area contributed by atoms with E-state index in [1.54, 1.807) is 0 Å². The Morgan fingerprint density at radius 1 is 0.895 bits per heavy atom. The van der Waals surface area contributed by atoms with Crippen molar-refractivity contribution in [3.8, 4) is 0 Å². The van der Waals surface area contributed by atoms with Crippen molar-refractivity contribution in [2.75, 3.05) is 56.1 Å². The molecule has 3 fully saturated rings. The molecule has 3 aliphatic heterocycles. The summed E-state index contributed by atoms with van der Waals surface area (Å²) in [5, 5.41) is 3.67. The number of rotatable bonds is 8. The Kier molecular flexibility index (Phi) is 9.83. The summed E-state index contributed by atoms with van der Waals surface area (Å²) in [4.78, 5) is 29.4. The fourth-order valence-corrected chi connectivity index (χ4v) is 6.10. The van der Waals surface area contributed by atoms with Crippen LogP contribution >= 0.6 is 0 Å². The van der Waals surface area contributed by atoms with Crippen molar-refractivity contribution in [2.24, 2.45) is 0 Å². The number of anilines is 2. The van der Waals surface area contributed by atoms with Crippen molar-refractivity contribution < 1.29 is 9.53 Å². The number of aromatic nitrogens is 2. The van der Waals surface area contributed by atoms with Crippen molar-refractivity contribution in [3.05, 3.63) is 48.2 Å². The lowest BCUT2D eigenvalue weighted by atomic mass is 10.0. The van der Waals surface area contributed by atoms with Gasteiger partial charge in [0, 0.05) is 51.0 Å². The summed E-state index contributed by atoms with van der Waals surface area (Å²) in [6.45, 7) is 6.47. The highest BCUT2D eigenvalue weighted by Crippen LogP contribution is 2.23.